The van der Waals surface area contributed by atoms with Crippen molar-refractivity contribution in [3.05, 3.63) is 35.4 Å². The highest BCUT2D eigenvalue weighted by Gasteiger charge is 2.22. The topological polar surface area (TPSA) is 12.0 Å². The lowest BCUT2D eigenvalue weighted by molar-refractivity contribution is 0.453. The van der Waals surface area contributed by atoms with E-state index in [1.165, 1.54) is 37.2 Å². The Balaban J connectivity index is 2.01. The van der Waals surface area contributed by atoms with E-state index >= 15 is 0 Å². The van der Waals surface area contributed by atoms with Crippen molar-refractivity contribution in [1.82, 2.24) is 5.32 Å². The Kier molecular flexibility index (Phi) is 5.58. The molecule has 2 atom stereocenters. The molecule has 2 unspecified atom stereocenters. The minimum atomic E-state index is 0.658. The van der Waals surface area contributed by atoms with Gasteiger partial charge in [-0.05, 0) is 55.5 Å². The van der Waals surface area contributed by atoms with Crippen molar-refractivity contribution in [3.8, 4) is 0 Å². The first-order valence-corrected chi connectivity index (χ1v) is 8.33. The fourth-order valence-electron chi connectivity index (χ4n) is 2.97. The van der Waals surface area contributed by atoms with Gasteiger partial charge in [0.25, 0.3) is 0 Å². The third-order valence-electron chi connectivity index (χ3n) is 3.99. The first kappa shape index (κ1) is 14.0. The molecule has 0 aliphatic heterocycles. The average molecular weight is 263 g/mol. The largest absolute Gasteiger partial charge is 0.316 e. The predicted octanol–water partition coefficient (Wildman–Crippen LogP) is 3.84. The van der Waals surface area contributed by atoms with Crippen molar-refractivity contribution in [2.24, 2.45) is 0 Å². The number of rotatable bonds is 6. The highest BCUT2D eigenvalue weighted by molar-refractivity contribution is 7.99. The number of hydrogen-bond acceptors (Lipinski definition) is 2. The van der Waals surface area contributed by atoms with E-state index in [2.05, 4.69) is 43.6 Å². The zero-order valence-electron chi connectivity index (χ0n) is 11.6. The molecule has 0 bridgehead atoms. The Morgan fingerprint density at radius 1 is 1.39 bits per heavy atom. The van der Waals surface area contributed by atoms with Crippen LogP contribution in [0.1, 0.15) is 43.2 Å². The Bertz CT molecular complexity index is 364. The summed E-state index contributed by atoms with van der Waals surface area (Å²) in [5.41, 5.74) is 3.21. The average Bonchev–Trinajstić information content (AvgIpc) is 2.43. The molecule has 1 nitrogen and oxygen atoms in total. The number of nitrogens with one attached hydrogen (secondary N) is 1. The summed E-state index contributed by atoms with van der Waals surface area (Å²) in [4.78, 5) is 0. The van der Waals surface area contributed by atoms with Crippen molar-refractivity contribution >= 4 is 11.8 Å². The molecule has 0 saturated carbocycles. The molecule has 1 aromatic rings. The number of fused-ring (bicyclic) bond motifs is 1. The second-order valence-corrected chi connectivity index (χ2v) is 6.49. The van der Waals surface area contributed by atoms with Crippen LogP contribution in [-0.2, 0) is 6.42 Å². The maximum Gasteiger partial charge on any atom is 0.0161 e. The Hall–Kier alpha value is -0.470. The highest BCUT2D eigenvalue weighted by Crippen LogP contribution is 2.34. The van der Waals surface area contributed by atoms with E-state index in [0.29, 0.717) is 6.04 Å². The van der Waals surface area contributed by atoms with Gasteiger partial charge in [0, 0.05) is 11.8 Å². The lowest BCUT2D eigenvalue weighted by Gasteiger charge is -2.28. The van der Waals surface area contributed by atoms with Gasteiger partial charge in [0.15, 0.2) is 0 Å². The van der Waals surface area contributed by atoms with Crippen LogP contribution in [0.25, 0.3) is 0 Å². The van der Waals surface area contributed by atoms with Crippen LogP contribution >= 0.6 is 11.8 Å². The van der Waals surface area contributed by atoms with Crippen molar-refractivity contribution in [1.29, 1.82) is 0 Å². The van der Waals surface area contributed by atoms with E-state index in [9.17, 15) is 0 Å². The second-order valence-electron chi connectivity index (χ2n) is 5.17. The van der Waals surface area contributed by atoms with Gasteiger partial charge in [0.05, 0.1) is 0 Å². The molecule has 0 fully saturated rings. The number of hydrogen-bond donors (Lipinski definition) is 1. The number of aryl methyl sites for hydroxylation is 1. The standard InChI is InChI=1S/C16H25NS/c1-3-18-12-15(17-2)11-14-9-6-8-13-7-4-5-10-16(13)14/h4-5,7,10,14-15,17H,3,6,8-9,11-12H2,1-2H3. The van der Waals surface area contributed by atoms with Gasteiger partial charge in [-0.2, -0.15) is 11.8 Å². The molecule has 0 aromatic heterocycles. The molecule has 1 aliphatic rings. The van der Waals surface area contributed by atoms with E-state index < -0.39 is 0 Å². The maximum atomic E-state index is 3.49. The fourth-order valence-corrected chi connectivity index (χ4v) is 3.80. The van der Waals surface area contributed by atoms with Crippen molar-refractivity contribution in [2.75, 3.05) is 18.6 Å². The van der Waals surface area contributed by atoms with E-state index in [1.54, 1.807) is 11.1 Å². The predicted molar refractivity (Wildman–Crippen MR) is 82.6 cm³/mol. The Morgan fingerprint density at radius 2 is 2.22 bits per heavy atom. The summed E-state index contributed by atoms with van der Waals surface area (Å²) in [6.07, 6.45) is 5.30. The lowest BCUT2D eigenvalue weighted by atomic mass is 9.80. The Labute approximate surface area is 116 Å². The summed E-state index contributed by atoms with van der Waals surface area (Å²) < 4.78 is 0. The summed E-state index contributed by atoms with van der Waals surface area (Å²) >= 11 is 2.05. The van der Waals surface area contributed by atoms with Crippen LogP contribution in [0.15, 0.2) is 24.3 Å². The smallest absolute Gasteiger partial charge is 0.0161 e. The van der Waals surface area contributed by atoms with Gasteiger partial charge >= 0.3 is 0 Å². The van der Waals surface area contributed by atoms with Crippen LogP contribution in [0.4, 0.5) is 0 Å². The fraction of sp³-hybridized carbons (Fsp3) is 0.625. The van der Waals surface area contributed by atoms with Gasteiger partial charge in [-0.25, -0.2) is 0 Å². The van der Waals surface area contributed by atoms with Crippen LogP contribution in [0.2, 0.25) is 0 Å². The molecule has 1 aliphatic carbocycles. The van der Waals surface area contributed by atoms with Gasteiger partial charge in [0.2, 0.25) is 0 Å². The van der Waals surface area contributed by atoms with Crippen molar-refractivity contribution < 1.29 is 0 Å². The van der Waals surface area contributed by atoms with Crippen molar-refractivity contribution in [3.63, 3.8) is 0 Å². The first-order valence-electron chi connectivity index (χ1n) is 7.18. The van der Waals surface area contributed by atoms with Crippen LogP contribution < -0.4 is 5.32 Å². The molecule has 0 heterocycles. The number of thioether (sulfide) groups is 1. The monoisotopic (exact) mass is 263 g/mol. The molecule has 0 spiro atoms. The van der Waals surface area contributed by atoms with Crippen LogP contribution in [-0.4, -0.2) is 24.6 Å². The molecule has 2 heteroatoms. The summed E-state index contributed by atoms with van der Waals surface area (Å²) in [6, 6.07) is 9.71. The molecular weight excluding hydrogens is 238 g/mol. The van der Waals surface area contributed by atoms with E-state index in [-0.39, 0.29) is 0 Å². The van der Waals surface area contributed by atoms with Gasteiger partial charge in [-0.1, -0.05) is 31.2 Å². The van der Waals surface area contributed by atoms with E-state index in [1.807, 2.05) is 11.8 Å². The summed E-state index contributed by atoms with van der Waals surface area (Å²) in [7, 11) is 2.11. The molecule has 1 N–H and O–H groups in total. The highest BCUT2D eigenvalue weighted by atomic mass is 32.2. The SMILES string of the molecule is CCSCC(CC1CCCc2ccccc21)NC. The van der Waals surface area contributed by atoms with Gasteiger partial charge in [-0.3, -0.25) is 0 Å². The van der Waals surface area contributed by atoms with Crippen LogP contribution in [0.5, 0.6) is 0 Å². The molecule has 1 aromatic carbocycles. The summed E-state index contributed by atoms with van der Waals surface area (Å²) in [5, 5.41) is 3.49. The molecule has 0 saturated heterocycles. The minimum absolute atomic E-state index is 0.658. The Morgan fingerprint density at radius 3 is 3.00 bits per heavy atom. The van der Waals surface area contributed by atoms with Gasteiger partial charge < -0.3 is 5.32 Å². The zero-order valence-corrected chi connectivity index (χ0v) is 12.4. The third-order valence-corrected chi connectivity index (χ3v) is 5.04. The van der Waals surface area contributed by atoms with Crippen molar-refractivity contribution in [2.45, 2.75) is 44.6 Å². The minimum Gasteiger partial charge on any atom is -0.316 e. The van der Waals surface area contributed by atoms with Gasteiger partial charge in [0.1, 0.15) is 0 Å². The quantitative estimate of drug-likeness (QED) is 0.837. The normalized spacial score (nSPS) is 20.4. The summed E-state index contributed by atoms with van der Waals surface area (Å²) in [6.45, 7) is 2.24. The number of benzene rings is 1. The molecule has 2 rings (SSSR count). The summed E-state index contributed by atoms with van der Waals surface area (Å²) in [5.74, 6) is 3.23. The molecule has 100 valence electrons. The lowest BCUT2D eigenvalue weighted by Crippen LogP contribution is -2.30. The molecule has 0 amide bonds. The molecule has 0 radical (unpaired) electrons. The maximum absolute atomic E-state index is 3.49. The molecule has 18 heavy (non-hydrogen) atoms. The van der Waals surface area contributed by atoms with Crippen LogP contribution in [0.3, 0.4) is 0 Å². The van der Waals surface area contributed by atoms with E-state index in [0.717, 1.165) is 5.92 Å². The first-order chi connectivity index (χ1) is 8.85. The zero-order chi connectivity index (χ0) is 12.8. The third kappa shape index (κ3) is 3.52. The van der Waals surface area contributed by atoms with E-state index in [4.69, 9.17) is 0 Å². The molecular formula is C16H25NS. The second kappa shape index (κ2) is 7.20. The van der Waals surface area contributed by atoms with Crippen LogP contribution in [0, 0.1) is 0 Å². The van der Waals surface area contributed by atoms with Gasteiger partial charge in [-0.15, -0.1) is 0 Å².